The van der Waals surface area contributed by atoms with Crippen molar-refractivity contribution in [2.45, 2.75) is 11.8 Å². The highest BCUT2D eigenvalue weighted by molar-refractivity contribution is 9.10. The van der Waals surface area contributed by atoms with Gasteiger partial charge in [-0.25, -0.2) is 8.42 Å². The number of hydrogen-bond acceptors (Lipinski definition) is 4. The summed E-state index contributed by atoms with van der Waals surface area (Å²) in [5.74, 6) is 0.0245. The third-order valence-corrected chi connectivity index (χ3v) is 6.02. The number of ether oxygens (including phenoxy) is 1. The molecule has 0 fully saturated rings. The Bertz CT molecular complexity index is 1120. The summed E-state index contributed by atoms with van der Waals surface area (Å²) in [6.07, 6.45) is 0. The lowest BCUT2D eigenvalue weighted by molar-refractivity contribution is 0.102. The molecule has 0 aliphatic heterocycles. The average Bonchev–Trinajstić information content (AvgIpc) is 2.71. The van der Waals surface area contributed by atoms with Crippen molar-refractivity contribution in [3.63, 3.8) is 0 Å². The Kier molecular flexibility index (Phi) is 6.56. The van der Waals surface area contributed by atoms with E-state index < -0.39 is 10.0 Å². The molecule has 0 aliphatic carbocycles. The maximum Gasteiger partial charge on any atom is 0.262 e. The number of sulfonamides is 1. The van der Waals surface area contributed by atoms with Crippen LogP contribution < -0.4 is 14.8 Å². The number of halogens is 1. The van der Waals surface area contributed by atoms with E-state index >= 15 is 0 Å². The SMILES string of the molecule is CCOc1ccc(S(=O)(=O)Nc2ccccc2Br)cc1NC(=O)c1ccccc1. The van der Waals surface area contributed by atoms with Crippen LogP contribution in [-0.4, -0.2) is 20.9 Å². The molecule has 0 radical (unpaired) electrons. The summed E-state index contributed by atoms with van der Waals surface area (Å²) in [4.78, 5) is 12.5. The lowest BCUT2D eigenvalue weighted by Gasteiger charge is -2.15. The Labute approximate surface area is 178 Å². The van der Waals surface area contributed by atoms with Gasteiger partial charge in [0.2, 0.25) is 0 Å². The minimum Gasteiger partial charge on any atom is -0.492 e. The second-order valence-corrected chi connectivity index (χ2v) is 8.53. The van der Waals surface area contributed by atoms with Crippen molar-refractivity contribution >= 4 is 43.2 Å². The van der Waals surface area contributed by atoms with E-state index in [4.69, 9.17) is 4.74 Å². The van der Waals surface area contributed by atoms with Crippen LogP contribution in [0, 0.1) is 0 Å². The van der Waals surface area contributed by atoms with Gasteiger partial charge in [0.05, 0.1) is 22.9 Å². The Hall–Kier alpha value is -2.84. The molecule has 1 amide bonds. The zero-order valence-electron chi connectivity index (χ0n) is 15.6. The molecule has 0 heterocycles. The Morgan fingerprint density at radius 1 is 0.966 bits per heavy atom. The van der Waals surface area contributed by atoms with Crippen molar-refractivity contribution in [3.05, 3.63) is 82.8 Å². The number of carbonyl (C=O) groups is 1. The molecule has 0 aliphatic rings. The number of nitrogens with one attached hydrogen (secondary N) is 2. The van der Waals surface area contributed by atoms with Crippen molar-refractivity contribution in [1.82, 2.24) is 0 Å². The zero-order chi connectivity index (χ0) is 20.9. The summed E-state index contributed by atoms with van der Waals surface area (Å²) in [7, 11) is -3.88. The fourth-order valence-electron chi connectivity index (χ4n) is 2.59. The van der Waals surface area contributed by atoms with Gasteiger partial charge in [0, 0.05) is 10.0 Å². The number of carbonyl (C=O) groups excluding carboxylic acids is 1. The minimum atomic E-state index is -3.88. The standard InChI is InChI=1S/C21H19BrN2O4S/c1-2-28-20-13-12-16(29(26,27)24-18-11-7-6-10-17(18)22)14-19(20)23-21(25)15-8-4-3-5-9-15/h3-14,24H,2H2,1H3,(H,23,25). The van der Waals surface area contributed by atoms with Gasteiger partial charge in [-0.15, -0.1) is 0 Å². The van der Waals surface area contributed by atoms with E-state index in [0.717, 1.165) is 0 Å². The number of anilines is 2. The van der Waals surface area contributed by atoms with Gasteiger partial charge < -0.3 is 10.1 Å². The maximum absolute atomic E-state index is 12.8. The van der Waals surface area contributed by atoms with E-state index in [9.17, 15) is 13.2 Å². The monoisotopic (exact) mass is 474 g/mol. The van der Waals surface area contributed by atoms with Crippen LogP contribution in [0.3, 0.4) is 0 Å². The first-order chi connectivity index (χ1) is 13.9. The summed E-state index contributed by atoms with van der Waals surface area (Å²) in [5, 5.41) is 2.73. The number of amides is 1. The van der Waals surface area contributed by atoms with Crippen molar-refractivity contribution in [1.29, 1.82) is 0 Å². The molecule has 0 unspecified atom stereocenters. The third-order valence-electron chi connectivity index (χ3n) is 3.96. The molecular formula is C21H19BrN2O4S. The molecule has 3 aromatic carbocycles. The molecule has 2 N–H and O–H groups in total. The van der Waals surface area contributed by atoms with Crippen LogP contribution in [0.1, 0.15) is 17.3 Å². The molecule has 0 atom stereocenters. The normalized spacial score (nSPS) is 11.0. The lowest BCUT2D eigenvalue weighted by Crippen LogP contribution is -2.16. The number of rotatable bonds is 7. The second kappa shape index (κ2) is 9.11. The fraction of sp³-hybridized carbons (Fsp3) is 0.0952. The van der Waals surface area contributed by atoms with Crippen molar-refractivity contribution in [3.8, 4) is 5.75 Å². The molecule has 0 aromatic heterocycles. The van der Waals surface area contributed by atoms with Gasteiger partial charge in [0.1, 0.15) is 5.75 Å². The largest absolute Gasteiger partial charge is 0.492 e. The number of hydrogen-bond donors (Lipinski definition) is 2. The quantitative estimate of drug-likeness (QED) is 0.509. The topological polar surface area (TPSA) is 84.5 Å². The van der Waals surface area contributed by atoms with Crippen LogP contribution in [-0.2, 0) is 10.0 Å². The molecule has 0 spiro atoms. The second-order valence-electron chi connectivity index (χ2n) is 6.00. The highest BCUT2D eigenvalue weighted by atomic mass is 79.9. The minimum absolute atomic E-state index is 0.0000628. The predicted octanol–water partition coefficient (Wildman–Crippen LogP) is 4.90. The van der Waals surface area contributed by atoms with Gasteiger partial charge in [0.15, 0.2) is 0 Å². The molecule has 6 nitrogen and oxygen atoms in total. The molecule has 3 aromatic rings. The molecule has 29 heavy (non-hydrogen) atoms. The van der Waals surface area contributed by atoms with Crippen LogP contribution in [0.25, 0.3) is 0 Å². The van der Waals surface area contributed by atoms with E-state index in [1.807, 2.05) is 13.0 Å². The number of para-hydroxylation sites is 1. The lowest BCUT2D eigenvalue weighted by atomic mass is 10.2. The van der Waals surface area contributed by atoms with Crippen LogP contribution in [0.4, 0.5) is 11.4 Å². The average molecular weight is 475 g/mol. The zero-order valence-corrected chi connectivity index (χ0v) is 18.0. The first-order valence-electron chi connectivity index (χ1n) is 8.81. The van der Waals surface area contributed by atoms with Crippen LogP contribution in [0.2, 0.25) is 0 Å². The van der Waals surface area contributed by atoms with Gasteiger partial charge in [-0.05, 0) is 65.3 Å². The molecule has 3 rings (SSSR count). The molecule has 0 saturated heterocycles. The summed E-state index contributed by atoms with van der Waals surface area (Å²) in [6.45, 7) is 2.18. The molecule has 150 valence electrons. The maximum atomic E-state index is 12.8. The predicted molar refractivity (Wildman–Crippen MR) is 117 cm³/mol. The summed E-state index contributed by atoms with van der Waals surface area (Å²) in [5.41, 5.74) is 1.14. The first kappa shape index (κ1) is 20.9. The van der Waals surface area contributed by atoms with Crippen LogP contribution >= 0.6 is 15.9 Å². The number of benzene rings is 3. The van der Waals surface area contributed by atoms with E-state index in [0.29, 0.717) is 28.1 Å². The highest BCUT2D eigenvalue weighted by Gasteiger charge is 2.19. The van der Waals surface area contributed by atoms with E-state index in [-0.39, 0.29) is 16.5 Å². The van der Waals surface area contributed by atoms with Crippen molar-refractivity contribution in [2.75, 3.05) is 16.6 Å². The fourth-order valence-corrected chi connectivity index (χ4v) is 4.21. The Balaban J connectivity index is 1.93. The van der Waals surface area contributed by atoms with Gasteiger partial charge in [-0.3, -0.25) is 9.52 Å². The van der Waals surface area contributed by atoms with Gasteiger partial charge in [0.25, 0.3) is 15.9 Å². The van der Waals surface area contributed by atoms with E-state index in [1.165, 1.54) is 18.2 Å². The van der Waals surface area contributed by atoms with E-state index in [1.54, 1.807) is 48.5 Å². The molecule has 8 heteroatoms. The third kappa shape index (κ3) is 5.16. The molecular weight excluding hydrogens is 456 g/mol. The Morgan fingerprint density at radius 2 is 1.66 bits per heavy atom. The first-order valence-corrected chi connectivity index (χ1v) is 11.1. The summed E-state index contributed by atoms with van der Waals surface area (Å²) < 4.78 is 34.4. The van der Waals surface area contributed by atoms with Crippen molar-refractivity contribution < 1.29 is 17.9 Å². The highest BCUT2D eigenvalue weighted by Crippen LogP contribution is 2.30. The summed E-state index contributed by atoms with van der Waals surface area (Å²) >= 11 is 3.32. The van der Waals surface area contributed by atoms with Crippen LogP contribution in [0.5, 0.6) is 5.75 Å². The molecule has 0 bridgehead atoms. The van der Waals surface area contributed by atoms with Crippen molar-refractivity contribution in [2.24, 2.45) is 0 Å². The van der Waals surface area contributed by atoms with Gasteiger partial charge in [-0.1, -0.05) is 30.3 Å². The van der Waals surface area contributed by atoms with Crippen LogP contribution in [0.15, 0.2) is 82.2 Å². The van der Waals surface area contributed by atoms with Gasteiger partial charge in [-0.2, -0.15) is 0 Å². The van der Waals surface area contributed by atoms with E-state index in [2.05, 4.69) is 26.0 Å². The summed E-state index contributed by atoms with van der Waals surface area (Å²) in [6, 6.07) is 19.9. The Morgan fingerprint density at radius 3 is 2.34 bits per heavy atom. The smallest absolute Gasteiger partial charge is 0.262 e. The molecule has 0 saturated carbocycles. The van der Waals surface area contributed by atoms with Gasteiger partial charge >= 0.3 is 0 Å².